The van der Waals surface area contributed by atoms with Crippen molar-refractivity contribution in [1.29, 1.82) is 0 Å². The van der Waals surface area contributed by atoms with Crippen molar-refractivity contribution in [3.05, 3.63) is 111 Å². The number of nitrogens with one attached hydrogen (secondary N) is 2. The second-order valence-electron chi connectivity index (χ2n) is 9.02. The van der Waals surface area contributed by atoms with E-state index in [2.05, 4.69) is 34.4 Å². The molecule has 2 aromatic heterocycles. The summed E-state index contributed by atoms with van der Waals surface area (Å²) < 4.78 is 1.11. The van der Waals surface area contributed by atoms with Crippen molar-refractivity contribution < 1.29 is 4.79 Å². The minimum absolute atomic E-state index is 0.0858. The van der Waals surface area contributed by atoms with Crippen LogP contribution in [0.1, 0.15) is 34.7 Å². The van der Waals surface area contributed by atoms with Gasteiger partial charge in [-0.2, -0.15) is 0 Å². The van der Waals surface area contributed by atoms with Crippen molar-refractivity contribution in [3.8, 4) is 5.69 Å². The standard InChI is InChI=1S/C28H24N4O3/c33-26(31-14-12-18(13-15-31)23-17-29-24-9-5-4-8-21(23)24)19-10-11-22-25(16-19)30-28(35)32(27(22)34)20-6-2-1-3-7-20/h1-11,16-18,29H,12-15H2,(H,30,35). The fourth-order valence-electron chi connectivity index (χ4n) is 5.17. The fraction of sp³-hybridized carbons (Fsp3) is 0.179. The van der Waals surface area contributed by atoms with Gasteiger partial charge in [0.05, 0.1) is 16.6 Å². The van der Waals surface area contributed by atoms with Crippen molar-refractivity contribution in [2.24, 2.45) is 0 Å². The summed E-state index contributed by atoms with van der Waals surface area (Å²) in [5, 5.41) is 1.61. The molecule has 7 heteroatoms. The average Bonchev–Trinajstić information content (AvgIpc) is 3.33. The molecule has 1 saturated heterocycles. The Bertz CT molecular complexity index is 1670. The maximum atomic E-state index is 13.3. The highest BCUT2D eigenvalue weighted by Crippen LogP contribution is 2.33. The molecule has 3 aromatic carbocycles. The predicted molar refractivity (Wildman–Crippen MR) is 136 cm³/mol. The normalized spacial score (nSPS) is 14.6. The first kappa shape index (κ1) is 21.2. The van der Waals surface area contributed by atoms with Gasteiger partial charge in [-0.05, 0) is 60.7 Å². The van der Waals surface area contributed by atoms with Gasteiger partial charge in [0, 0.05) is 35.8 Å². The number of benzene rings is 3. The molecule has 0 spiro atoms. The quantitative estimate of drug-likeness (QED) is 0.420. The Morgan fingerprint density at radius 3 is 2.37 bits per heavy atom. The summed E-state index contributed by atoms with van der Waals surface area (Å²) >= 11 is 0. The van der Waals surface area contributed by atoms with Crippen LogP contribution >= 0.6 is 0 Å². The van der Waals surface area contributed by atoms with E-state index in [4.69, 9.17) is 0 Å². The van der Waals surface area contributed by atoms with Gasteiger partial charge in [-0.1, -0.05) is 36.4 Å². The smallest absolute Gasteiger partial charge is 0.333 e. The van der Waals surface area contributed by atoms with E-state index in [1.165, 1.54) is 10.9 Å². The Labute approximate surface area is 200 Å². The van der Waals surface area contributed by atoms with E-state index in [9.17, 15) is 14.4 Å². The van der Waals surface area contributed by atoms with Gasteiger partial charge in [0.2, 0.25) is 0 Å². The zero-order chi connectivity index (χ0) is 23.9. The van der Waals surface area contributed by atoms with E-state index in [-0.39, 0.29) is 5.91 Å². The summed E-state index contributed by atoms with van der Waals surface area (Å²) in [5.41, 5.74) is 2.84. The molecule has 1 fully saturated rings. The monoisotopic (exact) mass is 464 g/mol. The molecule has 2 N–H and O–H groups in total. The molecule has 174 valence electrons. The number of fused-ring (bicyclic) bond motifs is 2. The van der Waals surface area contributed by atoms with Crippen LogP contribution in [0.4, 0.5) is 0 Å². The summed E-state index contributed by atoms with van der Waals surface area (Å²) in [5.74, 6) is 0.317. The minimum Gasteiger partial charge on any atom is -0.361 e. The number of carbonyl (C=O) groups excluding carboxylic acids is 1. The number of aromatic nitrogens is 3. The molecule has 5 aromatic rings. The van der Waals surface area contributed by atoms with E-state index in [1.54, 1.807) is 42.5 Å². The predicted octanol–water partition coefficient (Wildman–Crippen LogP) is 4.18. The number of hydrogen-bond donors (Lipinski definition) is 2. The third-order valence-electron chi connectivity index (χ3n) is 7.00. The van der Waals surface area contributed by atoms with Crippen molar-refractivity contribution in [1.82, 2.24) is 19.4 Å². The zero-order valence-electron chi connectivity index (χ0n) is 19.0. The molecule has 0 bridgehead atoms. The summed E-state index contributed by atoms with van der Waals surface area (Å²) in [6, 6.07) is 22.0. The highest BCUT2D eigenvalue weighted by Gasteiger charge is 2.26. The van der Waals surface area contributed by atoms with Crippen LogP contribution in [0.3, 0.4) is 0 Å². The maximum Gasteiger partial charge on any atom is 0.333 e. The topological polar surface area (TPSA) is 91.0 Å². The maximum absolute atomic E-state index is 13.3. The molecule has 7 nitrogen and oxygen atoms in total. The van der Waals surface area contributed by atoms with E-state index in [0.29, 0.717) is 41.2 Å². The molecule has 0 radical (unpaired) electrons. The number of nitrogens with zero attached hydrogens (tertiary/aromatic N) is 2. The molecule has 0 aliphatic carbocycles. The Morgan fingerprint density at radius 1 is 0.829 bits per heavy atom. The SMILES string of the molecule is O=C(c1ccc2c(=O)n(-c3ccccc3)c(=O)[nH]c2c1)N1CCC(c2c[nH]c3ccccc23)CC1. The van der Waals surface area contributed by atoms with Crippen LogP contribution in [-0.2, 0) is 0 Å². The Balaban J connectivity index is 1.24. The van der Waals surface area contributed by atoms with Gasteiger partial charge in [-0.25, -0.2) is 9.36 Å². The van der Waals surface area contributed by atoms with E-state index < -0.39 is 11.2 Å². The molecular weight excluding hydrogens is 440 g/mol. The molecule has 6 rings (SSSR count). The Kier molecular flexibility index (Phi) is 5.10. The third-order valence-corrected chi connectivity index (χ3v) is 7.00. The van der Waals surface area contributed by atoms with Crippen molar-refractivity contribution in [2.75, 3.05) is 13.1 Å². The molecule has 1 amide bonds. The number of aromatic amines is 2. The van der Waals surface area contributed by atoms with Crippen LogP contribution in [0.15, 0.2) is 88.6 Å². The highest BCUT2D eigenvalue weighted by molar-refractivity contribution is 5.97. The fourth-order valence-corrected chi connectivity index (χ4v) is 5.17. The average molecular weight is 465 g/mol. The third kappa shape index (κ3) is 3.65. The van der Waals surface area contributed by atoms with Crippen LogP contribution in [0.5, 0.6) is 0 Å². The van der Waals surface area contributed by atoms with Crippen LogP contribution in [0.25, 0.3) is 27.5 Å². The highest BCUT2D eigenvalue weighted by atomic mass is 16.2. The number of amides is 1. The Morgan fingerprint density at radius 2 is 1.57 bits per heavy atom. The van der Waals surface area contributed by atoms with Gasteiger partial charge in [-0.3, -0.25) is 9.59 Å². The number of likely N-dealkylation sites (tertiary alicyclic amines) is 1. The number of para-hydroxylation sites is 2. The first-order chi connectivity index (χ1) is 17.1. The lowest BCUT2D eigenvalue weighted by atomic mass is 9.89. The molecule has 0 saturated carbocycles. The number of rotatable bonds is 3. The van der Waals surface area contributed by atoms with Gasteiger partial charge in [0.1, 0.15) is 0 Å². The summed E-state index contributed by atoms with van der Waals surface area (Å²) in [6.45, 7) is 1.32. The Hall–Kier alpha value is -4.39. The zero-order valence-corrected chi connectivity index (χ0v) is 19.0. The molecular formula is C28H24N4O3. The van der Waals surface area contributed by atoms with Gasteiger partial charge in [0.25, 0.3) is 11.5 Å². The summed E-state index contributed by atoms with van der Waals surface area (Å²) in [7, 11) is 0. The largest absolute Gasteiger partial charge is 0.361 e. The first-order valence-corrected chi connectivity index (χ1v) is 11.8. The van der Waals surface area contributed by atoms with Gasteiger partial charge in [0.15, 0.2) is 0 Å². The minimum atomic E-state index is -0.530. The van der Waals surface area contributed by atoms with E-state index in [1.807, 2.05) is 17.0 Å². The molecule has 1 aliphatic rings. The lowest BCUT2D eigenvalue weighted by Gasteiger charge is -2.32. The van der Waals surface area contributed by atoms with E-state index >= 15 is 0 Å². The number of piperidine rings is 1. The number of H-pyrrole nitrogens is 2. The van der Waals surface area contributed by atoms with Gasteiger partial charge >= 0.3 is 5.69 Å². The molecule has 0 unspecified atom stereocenters. The first-order valence-electron chi connectivity index (χ1n) is 11.8. The number of hydrogen-bond acceptors (Lipinski definition) is 3. The van der Waals surface area contributed by atoms with Crippen LogP contribution < -0.4 is 11.2 Å². The van der Waals surface area contributed by atoms with Crippen molar-refractivity contribution >= 4 is 27.7 Å². The summed E-state index contributed by atoms with van der Waals surface area (Å²) in [4.78, 5) is 46.9. The second kappa shape index (κ2) is 8.43. The number of carbonyl (C=O) groups is 1. The molecule has 35 heavy (non-hydrogen) atoms. The van der Waals surface area contributed by atoms with E-state index in [0.717, 1.165) is 22.9 Å². The summed E-state index contributed by atoms with van der Waals surface area (Å²) in [6.07, 6.45) is 3.87. The van der Waals surface area contributed by atoms with Crippen LogP contribution in [0, 0.1) is 0 Å². The van der Waals surface area contributed by atoms with Crippen LogP contribution in [-0.4, -0.2) is 38.4 Å². The van der Waals surface area contributed by atoms with Crippen molar-refractivity contribution in [2.45, 2.75) is 18.8 Å². The molecule has 1 aliphatic heterocycles. The van der Waals surface area contributed by atoms with Gasteiger partial charge < -0.3 is 14.9 Å². The van der Waals surface area contributed by atoms with Crippen LogP contribution in [0.2, 0.25) is 0 Å². The van der Waals surface area contributed by atoms with Gasteiger partial charge in [-0.15, -0.1) is 0 Å². The lowest BCUT2D eigenvalue weighted by Crippen LogP contribution is -2.38. The van der Waals surface area contributed by atoms with Crippen molar-refractivity contribution in [3.63, 3.8) is 0 Å². The molecule has 3 heterocycles. The molecule has 0 atom stereocenters. The lowest BCUT2D eigenvalue weighted by molar-refractivity contribution is 0.0713. The second-order valence-corrected chi connectivity index (χ2v) is 9.02.